The number of aryl methyl sites for hydroxylation is 2. The normalized spacial score (nSPS) is 12.9. The maximum absolute atomic E-state index is 9.04. The van der Waals surface area contributed by atoms with Crippen LogP contribution in [0.1, 0.15) is 39.3 Å². The van der Waals surface area contributed by atoms with Crippen molar-refractivity contribution in [3.05, 3.63) is 144 Å². The number of aromatic nitrogens is 4. The first-order valence-electron chi connectivity index (χ1n) is 18.2. The molecular weight excluding hydrogens is 821 g/mol. The molecule has 51 heavy (non-hydrogen) atoms. The van der Waals surface area contributed by atoms with E-state index in [4.69, 9.17) is 12.1 Å². The van der Waals surface area contributed by atoms with Gasteiger partial charge in [0.1, 0.15) is 0 Å². The molecule has 5 nitrogen and oxygen atoms in total. The number of para-hydroxylation sites is 2. The number of hydrogen-bond donors (Lipinski definition) is 0. The fourth-order valence-electron chi connectivity index (χ4n) is 6.40. The van der Waals surface area contributed by atoms with Gasteiger partial charge in [-0.05, 0) is 66.8 Å². The summed E-state index contributed by atoms with van der Waals surface area (Å²) < 4.78 is 26.4. The summed E-state index contributed by atoms with van der Waals surface area (Å²) in [6, 6.07) is 42.3. The van der Waals surface area contributed by atoms with E-state index in [0.717, 1.165) is 78.6 Å². The zero-order valence-electron chi connectivity index (χ0n) is 31.8. The molecule has 0 aliphatic heterocycles. The molecule has 0 N–H and O–H groups in total. The maximum Gasteiger partial charge on any atom is 0.216 e. The average molecular weight is 865 g/mol. The Hall–Kier alpha value is -4.68. The Bertz CT molecular complexity index is 2510. The topological polar surface area (TPSA) is 56.7 Å². The molecule has 1 atom stereocenters. The van der Waals surface area contributed by atoms with Crippen molar-refractivity contribution >= 4 is 46.4 Å². The van der Waals surface area contributed by atoms with Gasteiger partial charge < -0.3 is 14.0 Å². The molecule has 8 rings (SSSR count). The molecule has 0 bridgehead atoms. The van der Waals surface area contributed by atoms with Crippen LogP contribution in [0.25, 0.3) is 55.7 Å². The van der Waals surface area contributed by atoms with Crippen molar-refractivity contribution in [2.45, 2.75) is 59.2 Å². The van der Waals surface area contributed by atoms with Gasteiger partial charge in [0.05, 0.1) is 30.5 Å². The van der Waals surface area contributed by atoms with Gasteiger partial charge in [-0.15, -0.1) is 54.1 Å². The van der Waals surface area contributed by atoms with Gasteiger partial charge in [0.25, 0.3) is 0 Å². The summed E-state index contributed by atoms with van der Waals surface area (Å²) in [6.45, 7) is 13.6. The minimum absolute atomic E-state index is 0. The number of nitrogens with zero attached hydrogens (tertiary/aromatic N) is 4. The zero-order valence-corrected chi connectivity index (χ0v) is 33.2. The van der Waals surface area contributed by atoms with Crippen molar-refractivity contribution in [2.75, 3.05) is 0 Å². The van der Waals surface area contributed by atoms with Gasteiger partial charge in [-0.2, -0.15) is 0 Å². The van der Waals surface area contributed by atoms with Crippen molar-refractivity contribution in [3.8, 4) is 22.6 Å². The minimum Gasteiger partial charge on any atom is -0.486 e. The monoisotopic (exact) mass is 865 g/mol. The van der Waals surface area contributed by atoms with Crippen molar-refractivity contribution in [1.29, 1.82) is 0 Å². The van der Waals surface area contributed by atoms with Crippen LogP contribution in [-0.4, -0.2) is 27.6 Å². The molecule has 1 radical (unpaired) electrons. The Balaban J connectivity index is 0.000000178. The molecule has 0 saturated carbocycles. The molecular formula is C44H42IrN4OSi-2. The molecule has 0 aliphatic carbocycles. The predicted molar refractivity (Wildman–Crippen MR) is 210 cm³/mol. The molecule has 7 heteroatoms. The maximum atomic E-state index is 9.04. The summed E-state index contributed by atoms with van der Waals surface area (Å²) in [4.78, 5) is 14.0. The van der Waals surface area contributed by atoms with Crippen molar-refractivity contribution in [1.82, 2.24) is 19.5 Å². The van der Waals surface area contributed by atoms with E-state index in [0.29, 0.717) is 5.71 Å². The molecule has 0 amide bonds. The van der Waals surface area contributed by atoms with Crippen molar-refractivity contribution in [2.24, 2.45) is 0 Å². The second-order valence-electron chi connectivity index (χ2n) is 13.6. The quantitative estimate of drug-likeness (QED) is 0.118. The van der Waals surface area contributed by atoms with E-state index in [9.17, 15) is 0 Å². The molecule has 0 aliphatic rings. The smallest absolute Gasteiger partial charge is 0.216 e. The fourth-order valence-corrected chi connectivity index (χ4v) is 7.80. The van der Waals surface area contributed by atoms with Gasteiger partial charge in [-0.3, -0.25) is 4.98 Å². The number of hydrogen-bond acceptors (Lipinski definition) is 4. The molecule has 4 aromatic heterocycles. The van der Waals surface area contributed by atoms with Gasteiger partial charge >= 0.3 is 0 Å². The number of benzene rings is 4. The van der Waals surface area contributed by atoms with Crippen LogP contribution in [0.3, 0.4) is 0 Å². The van der Waals surface area contributed by atoms with Crippen LogP contribution >= 0.6 is 0 Å². The first kappa shape index (κ1) is 33.5. The first-order chi connectivity index (χ1) is 25.0. The van der Waals surface area contributed by atoms with Gasteiger partial charge in [0, 0.05) is 46.7 Å². The number of pyridine rings is 2. The predicted octanol–water partition coefficient (Wildman–Crippen LogP) is 10.6. The molecule has 8 aromatic rings. The summed E-state index contributed by atoms with van der Waals surface area (Å²) in [5, 5.41) is 3.15. The van der Waals surface area contributed by atoms with Crippen LogP contribution in [0.15, 0.2) is 120 Å². The van der Waals surface area contributed by atoms with Crippen molar-refractivity contribution < 1.29 is 27.3 Å². The molecule has 0 fully saturated rings. The second kappa shape index (κ2) is 15.3. The van der Waals surface area contributed by atoms with Crippen LogP contribution in [0.4, 0.5) is 0 Å². The van der Waals surface area contributed by atoms with E-state index in [1.165, 1.54) is 0 Å². The van der Waals surface area contributed by atoms with Crippen LogP contribution in [0.5, 0.6) is 0 Å². The van der Waals surface area contributed by atoms with E-state index < -0.39 is 14.4 Å². The molecule has 0 saturated heterocycles. The Kier molecular flexibility index (Phi) is 10.0. The Morgan fingerprint density at radius 1 is 0.863 bits per heavy atom. The molecule has 259 valence electrons. The van der Waals surface area contributed by atoms with Crippen LogP contribution in [0.2, 0.25) is 19.6 Å². The third-order valence-corrected chi connectivity index (χ3v) is 11.0. The van der Waals surface area contributed by atoms with E-state index in [2.05, 4.69) is 65.4 Å². The number of furan rings is 1. The van der Waals surface area contributed by atoms with E-state index in [1.54, 1.807) is 0 Å². The fraction of sp³-hybridized carbons (Fsp3) is 0.205. The van der Waals surface area contributed by atoms with E-state index in [1.807, 2.05) is 117 Å². The summed E-state index contributed by atoms with van der Waals surface area (Å²) in [5.74, 6) is 0.619. The van der Waals surface area contributed by atoms with Crippen LogP contribution in [-0.2, 0) is 33.0 Å². The number of rotatable bonds is 7. The molecule has 0 spiro atoms. The molecule has 4 heterocycles. The van der Waals surface area contributed by atoms with Crippen LogP contribution < -0.4 is 5.19 Å². The Labute approximate surface area is 318 Å². The third-order valence-electron chi connectivity index (χ3n) is 9.00. The van der Waals surface area contributed by atoms with Gasteiger partial charge in [0.2, 0.25) is 5.71 Å². The Morgan fingerprint density at radius 2 is 1.63 bits per heavy atom. The second-order valence-corrected chi connectivity index (χ2v) is 18.6. The largest absolute Gasteiger partial charge is 0.486 e. The third kappa shape index (κ3) is 7.52. The average Bonchev–Trinajstić information content (AvgIpc) is 3.72. The van der Waals surface area contributed by atoms with Gasteiger partial charge in [-0.1, -0.05) is 91.6 Å². The van der Waals surface area contributed by atoms with Gasteiger partial charge in [0.15, 0.2) is 0 Å². The van der Waals surface area contributed by atoms with Crippen LogP contribution in [0, 0.1) is 19.1 Å². The first-order valence-corrected chi connectivity index (χ1v) is 20.7. The zero-order chi connectivity index (χ0) is 36.6. The van der Waals surface area contributed by atoms with Gasteiger partial charge in [-0.25, -0.2) is 4.98 Å². The summed E-state index contributed by atoms with van der Waals surface area (Å²) in [5.41, 5.74) is 8.82. The SMILES string of the molecule is CCn1c(-c2[c-]ccc3c2oc2nc(C)ccc23)nc2ccccc21.[2H]C([2H])(c1cc(-c2[c-]cccc2)ncc1[Si](C)(C)C)C(C)c1ccccc1.[Ir]. The summed E-state index contributed by atoms with van der Waals surface area (Å²) in [7, 11) is -1.77. The minimum atomic E-state index is -1.77. The van der Waals surface area contributed by atoms with E-state index >= 15 is 0 Å². The summed E-state index contributed by atoms with van der Waals surface area (Å²) in [6.07, 6.45) is 0.400. The molecule has 4 aromatic carbocycles. The summed E-state index contributed by atoms with van der Waals surface area (Å²) >= 11 is 0. The number of fused-ring (bicyclic) bond motifs is 4. The van der Waals surface area contributed by atoms with E-state index in [-0.39, 0.29) is 26.0 Å². The standard InChI is InChI=1S/C23H26NSi.C21H16N3O.Ir/c1-18(19-11-7-5-8-12-19)15-21-16-22(20-13-9-6-10-14-20)24-17-23(21)25(2,3)4;1-3-24-18-10-5-4-9-17(18)23-20(24)16-8-6-7-14-15-12-11-13(2)22-21(15)25-19(14)16;/h5-13,16-18H,15H2,1-4H3;4-7,9-12H,3H2,1-2H3;/q2*-1;/i15D2;;. The van der Waals surface area contributed by atoms with Crippen molar-refractivity contribution in [3.63, 3.8) is 0 Å². The molecule has 1 unspecified atom stereocenters. The number of imidazole rings is 1. The Morgan fingerprint density at radius 3 is 2.37 bits per heavy atom.